The van der Waals surface area contributed by atoms with E-state index in [9.17, 15) is 13.2 Å². The number of sulfone groups is 1. The minimum atomic E-state index is -3.71. The van der Waals surface area contributed by atoms with Crippen LogP contribution in [0.4, 0.5) is 0 Å². The van der Waals surface area contributed by atoms with Crippen LogP contribution >= 0.6 is 23.2 Å². The number of carbonyl (C=O) groups excluding carboxylic acids is 1. The number of halogens is 2. The lowest BCUT2D eigenvalue weighted by Crippen LogP contribution is -2.57. The second kappa shape index (κ2) is 11.2. The molecule has 5 rings (SSSR count). The van der Waals surface area contributed by atoms with Crippen LogP contribution in [0, 0.1) is 5.92 Å². The number of nitrogens with zero attached hydrogens (tertiary/aromatic N) is 2. The van der Waals surface area contributed by atoms with E-state index in [1.54, 1.807) is 29.2 Å². The summed E-state index contributed by atoms with van der Waals surface area (Å²) in [5.74, 6) is -0.376. The lowest BCUT2D eigenvalue weighted by Gasteiger charge is -2.48. The van der Waals surface area contributed by atoms with Crippen molar-refractivity contribution in [1.82, 2.24) is 9.88 Å². The van der Waals surface area contributed by atoms with Gasteiger partial charge < -0.3 is 9.64 Å². The van der Waals surface area contributed by atoms with Gasteiger partial charge in [-0.05, 0) is 66.3 Å². The van der Waals surface area contributed by atoms with Gasteiger partial charge in [-0.25, -0.2) is 8.42 Å². The van der Waals surface area contributed by atoms with E-state index in [0.29, 0.717) is 16.5 Å². The summed E-state index contributed by atoms with van der Waals surface area (Å²) in [5, 5.41) is 1.11. The van der Waals surface area contributed by atoms with Crippen molar-refractivity contribution in [1.29, 1.82) is 0 Å². The fourth-order valence-corrected chi connectivity index (χ4v) is 7.10. The van der Waals surface area contributed by atoms with Crippen molar-refractivity contribution in [3.05, 3.63) is 107 Å². The van der Waals surface area contributed by atoms with Crippen LogP contribution in [0.3, 0.4) is 0 Å². The molecule has 1 aromatic heterocycles. The molecule has 2 aromatic carbocycles. The topological polar surface area (TPSA) is 76.6 Å². The molecule has 9 heteroatoms. The highest BCUT2D eigenvalue weighted by Gasteiger charge is 2.50. The monoisotopic (exact) mass is 570 g/mol. The first-order valence-corrected chi connectivity index (χ1v) is 14.9. The lowest BCUT2D eigenvalue weighted by molar-refractivity contribution is -0.178. The molecule has 3 aromatic rings. The van der Waals surface area contributed by atoms with Gasteiger partial charge in [0.2, 0.25) is 0 Å². The molecule has 4 atom stereocenters. The number of aromatic nitrogens is 1. The molecule has 2 fully saturated rings. The average Bonchev–Trinajstić information content (AvgIpc) is 3.75. The van der Waals surface area contributed by atoms with Gasteiger partial charge in [0, 0.05) is 34.9 Å². The van der Waals surface area contributed by atoms with Crippen molar-refractivity contribution in [2.24, 2.45) is 5.92 Å². The fraction of sp³-hybridized carbons (Fsp3) is 0.310. The zero-order chi connectivity index (χ0) is 26.9. The highest BCUT2D eigenvalue weighted by Crippen LogP contribution is 2.48. The third kappa shape index (κ3) is 5.66. The van der Waals surface area contributed by atoms with Gasteiger partial charge in [0.25, 0.3) is 5.91 Å². The summed E-state index contributed by atoms with van der Waals surface area (Å²) < 4.78 is 33.6. The fourth-order valence-electron chi connectivity index (χ4n) is 5.17. The van der Waals surface area contributed by atoms with E-state index < -0.39 is 34.1 Å². The first kappa shape index (κ1) is 26.9. The highest BCUT2D eigenvalue weighted by atomic mass is 35.5. The molecule has 1 saturated carbocycles. The Hall–Kier alpha value is -2.71. The van der Waals surface area contributed by atoms with Gasteiger partial charge in [-0.3, -0.25) is 9.78 Å². The summed E-state index contributed by atoms with van der Waals surface area (Å²) in [6, 6.07) is 16.5. The van der Waals surface area contributed by atoms with Crippen molar-refractivity contribution in [2.75, 3.05) is 5.75 Å². The zero-order valence-corrected chi connectivity index (χ0v) is 22.9. The van der Waals surface area contributed by atoms with Gasteiger partial charge in [0.05, 0.1) is 16.7 Å². The Labute approximate surface area is 233 Å². The zero-order valence-electron chi connectivity index (χ0n) is 20.6. The third-order valence-corrected chi connectivity index (χ3v) is 9.38. The van der Waals surface area contributed by atoms with Crippen LogP contribution in [-0.2, 0) is 19.4 Å². The smallest absolute Gasteiger partial charge is 0.252 e. The molecule has 0 unspecified atom stereocenters. The summed E-state index contributed by atoms with van der Waals surface area (Å²) in [4.78, 5) is 20.0. The quantitative estimate of drug-likeness (QED) is 0.285. The van der Waals surface area contributed by atoms with Crippen molar-refractivity contribution in [2.45, 2.75) is 48.4 Å². The van der Waals surface area contributed by atoms with Crippen LogP contribution in [0.15, 0.2) is 90.6 Å². The van der Waals surface area contributed by atoms with Crippen LogP contribution in [0.2, 0.25) is 10.0 Å². The number of amides is 1. The Balaban J connectivity index is 1.64. The molecule has 1 saturated heterocycles. The van der Waals surface area contributed by atoms with Crippen molar-refractivity contribution in [3.8, 4) is 0 Å². The molecule has 1 aliphatic heterocycles. The largest absolute Gasteiger partial charge is 0.358 e. The average molecular weight is 572 g/mol. The number of pyridine rings is 1. The van der Waals surface area contributed by atoms with Crippen LogP contribution in [0.1, 0.15) is 42.5 Å². The molecule has 0 N–H and O–H groups in total. The maximum atomic E-state index is 14.1. The standard InChI is InChI=1S/C29H28Cl2N2O4S/c1-2-4-26-29(34)33(25(19-7-8-19)18-38(35,36)24-13-15-32-16-14-24)27(20-9-11-22(30)12-10-20)28(37-26)21-5-3-6-23(31)17-21/h2-3,5-6,9-17,19,25-28H,1,4,7-8,18H2/t25-,26+,27+,28-/m1/s1. The predicted molar refractivity (Wildman–Crippen MR) is 148 cm³/mol. The minimum Gasteiger partial charge on any atom is -0.358 e. The Bertz CT molecular complexity index is 1410. The van der Waals surface area contributed by atoms with Gasteiger partial charge in [-0.1, -0.05) is 53.5 Å². The molecule has 38 heavy (non-hydrogen) atoms. The number of hydrogen-bond donors (Lipinski definition) is 0. The number of morpholine rings is 1. The van der Waals surface area contributed by atoms with Crippen molar-refractivity contribution in [3.63, 3.8) is 0 Å². The van der Waals surface area contributed by atoms with Crippen LogP contribution < -0.4 is 0 Å². The van der Waals surface area contributed by atoms with Gasteiger partial charge in [-0.2, -0.15) is 0 Å². The first-order valence-electron chi connectivity index (χ1n) is 12.5. The van der Waals surface area contributed by atoms with E-state index in [0.717, 1.165) is 24.0 Å². The number of rotatable bonds is 9. The van der Waals surface area contributed by atoms with Crippen LogP contribution in [0.5, 0.6) is 0 Å². The number of hydrogen-bond acceptors (Lipinski definition) is 5. The Morgan fingerprint density at radius 1 is 1.03 bits per heavy atom. The molecule has 0 bridgehead atoms. The van der Waals surface area contributed by atoms with E-state index in [1.165, 1.54) is 24.5 Å². The van der Waals surface area contributed by atoms with Gasteiger partial charge in [-0.15, -0.1) is 6.58 Å². The minimum absolute atomic E-state index is 0.0628. The van der Waals surface area contributed by atoms with E-state index in [-0.39, 0.29) is 22.5 Å². The second-order valence-electron chi connectivity index (χ2n) is 9.74. The molecule has 1 amide bonds. The number of ether oxygens (including phenoxy) is 1. The van der Waals surface area contributed by atoms with E-state index in [2.05, 4.69) is 11.6 Å². The van der Waals surface area contributed by atoms with E-state index >= 15 is 0 Å². The summed E-state index contributed by atoms with van der Waals surface area (Å²) in [5.41, 5.74) is 1.60. The Kier molecular flexibility index (Phi) is 7.91. The van der Waals surface area contributed by atoms with Crippen LogP contribution in [0.25, 0.3) is 0 Å². The Morgan fingerprint density at radius 3 is 2.37 bits per heavy atom. The maximum absolute atomic E-state index is 14.1. The Morgan fingerprint density at radius 2 is 1.74 bits per heavy atom. The van der Waals surface area contributed by atoms with Gasteiger partial charge in [0.1, 0.15) is 12.2 Å². The molecule has 2 aliphatic rings. The molecular weight excluding hydrogens is 543 g/mol. The molecule has 198 valence electrons. The molecule has 0 radical (unpaired) electrons. The molecule has 6 nitrogen and oxygen atoms in total. The van der Waals surface area contributed by atoms with E-state index in [4.69, 9.17) is 27.9 Å². The number of benzene rings is 2. The normalized spacial score (nSPS) is 22.7. The molecular formula is C29H28Cl2N2O4S. The first-order chi connectivity index (χ1) is 18.3. The molecule has 0 spiro atoms. The number of carbonyl (C=O) groups is 1. The van der Waals surface area contributed by atoms with Crippen molar-refractivity contribution < 1.29 is 17.9 Å². The van der Waals surface area contributed by atoms with Gasteiger partial charge >= 0.3 is 0 Å². The summed E-state index contributed by atoms with van der Waals surface area (Å²) in [6.45, 7) is 3.82. The van der Waals surface area contributed by atoms with Crippen LogP contribution in [-0.4, -0.2) is 42.1 Å². The summed E-state index contributed by atoms with van der Waals surface area (Å²) in [7, 11) is -3.71. The third-order valence-electron chi connectivity index (χ3n) is 7.12. The van der Waals surface area contributed by atoms with E-state index in [1.807, 2.05) is 30.3 Å². The molecule has 1 aliphatic carbocycles. The predicted octanol–water partition coefficient (Wildman–Crippen LogP) is 6.23. The summed E-state index contributed by atoms with van der Waals surface area (Å²) in [6.07, 6.45) is 5.19. The lowest BCUT2D eigenvalue weighted by atomic mass is 9.89. The van der Waals surface area contributed by atoms with Crippen molar-refractivity contribution >= 4 is 38.9 Å². The SMILES string of the molecule is C=CC[C@@H]1O[C@H](c2cccc(Cl)c2)[C@H](c2ccc(Cl)cc2)N([C@H](CS(=O)(=O)c2ccncc2)C2CC2)C1=O. The second-order valence-corrected chi connectivity index (χ2v) is 12.6. The molecule has 2 heterocycles. The summed E-state index contributed by atoms with van der Waals surface area (Å²) >= 11 is 12.6. The highest BCUT2D eigenvalue weighted by molar-refractivity contribution is 7.91. The maximum Gasteiger partial charge on any atom is 0.252 e. The van der Waals surface area contributed by atoms with Gasteiger partial charge in [0.15, 0.2) is 9.84 Å².